The lowest BCUT2D eigenvalue weighted by Gasteiger charge is -2.29. The average molecular weight is 490 g/mol. The molecule has 11 heteroatoms. The van der Waals surface area contributed by atoms with E-state index in [1.165, 1.54) is 27.9 Å². The van der Waals surface area contributed by atoms with Gasteiger partial charge in [-0.25, -0.2) is 9.07 Å². The smallest absolute Gasteiger partial charge is 0.277 e. The fourth-order valence-corrected chi connectivity index (χ4v) is 4.36. The van der Waals surface area contributed by atoms with Crippen LogP contribution in [0.5, 0.6) is 0 Å². The van der Waals surface area contributed by atoms with Gasteiger partial charge in [0.25, 0.3) is 11.8 Å². The van der Waals surface area contributed by atoms with Crippen LogP contribution in [-0.2, 0) is 16.1 Å². The van der Waals surface area contributed by atoms with Gasteiger partial charge in [-0.3, -0.25) is 24.5 Å². The number of nitrogens with one attached hydrogen (secondary N) is 2. The number of carbonyl (C=O) groups excluding carboxylic acids is 4. The molecule has 2 aliphatic rings. The van der Waals surface area contributed by atoms with E-state index in [1.807, 2.05) is 13.8 Å². The van der Waals surface area contributed by atoms with Gasteiger partial charge in [0.15, 0.2) is 5.69 Å². The van der Waals surface area contributed by atoms with Crippen LogP contribution < -0.4 is 10.6 Å². The Morgan fingerprint density at radius 2 is 1.97 bits per heavy atom. The molecule has 1 fully saturated rings. The van der Waals surface area contributed by atoms with E-state index >= 15 is 0 Å². The molecule has 0 aliphatic carbocycles. The summed E-state index contributed by atoms with van der Waals surface area (Å²) < 4.78 is 15.7. The summed E-state index contributed by atoms with van der Waals surface area (Å²) in [5.41, 5.74) is 2.47. The summed E-state index contributed by atoms with van der Waals surface area (Å²) in [6.45, 7) is 4.15. The minimum atomic E-state index is -0.706. The van der Waals surface area contributed by atoms with Crippen molar-refractivity contribution in [2.75, 3.05) is 5.32 Å². The lowest BCUT2D eigenvalue weighted by Crippen LogP contribution is -2.52. The third-order valence-corrected chi connectivity index (χ3v) is 6.41. The fourth-order valence-electron chi connectivity index (χ4n) is 4.36. The van der Waals surface area contributed by atoms with Gasteiger partial charge in [0.05, 0.1) is 17.6 Å². The number of benzene rings is 2. The van der Waals surface area contributed by atoms with E-state index in [0.717, 1.165) is 11.1 Å². The first-order valence-corrected chi connectivity index (χ1v) is 11.5. The Hall–Kier alpha value is -4.41. The van der Waals surface area contributed by atoms with Gasteiger partial charge in [0, 0.05) is 18.5 Å². The third kappa shape index (κ3) is 4.23. The van der Waals surface area contributed by atoms with Crippen LogP contribution in [0.2, 0.25) is 0 Å². The van der Waals surface area contributed by atoms with Gasteiger partial charge < -0.3 is 10.2 Å². The minimum absolute atomic E-state index is 0.0284. The first kappa shape index (κ1) is 23.3. The number of nitrogens with zero attached hydrogens (tertiary/aromatic N) is 4. The molecule has 10 nitrogen and oxygen atoms in total. The zero-order valence-corrected chi connectivity index (χ0v) is 19.6. The highest BCUT2D eigenvalue weighted by molar-refractivity contribution is 6.05. The number of hydrogen-bond acceptors (Lipinski definition) is 6. The van der Waals surface area contributed by atoms with Crippen LogP contribution in [0.4, 0.5) is 10.1 Å². The van der Waals surface area contributed by atoms with Crippen molar-refractivity contribution in [3.63, 3.8) is 0 Å². The van der Waals surface area contributed by atoms with Crippen LogP contribution in [0.1, 0.15) is 64.6 Å². The largest absolute Gasteiger partial charge is 0.322 e. The molecule has 3 aromatic rings. The SMILES string of the molecule is CC(C)c1ccc(NC(=O)c2cn(-c3ccc4c(c3)C(=O)N(C3CCC(=O)NC3=O)C4)nn2)c(F)c1. The predicted molar refractivity (Wildman–Crippen MR) is 126 cm³/mol. The quantitative estimate of drug-likeness (QED) is 0.530. The molecule has 0 spiro atoms. The molecule has 0 saturated carbocycles. The van der Waals surface area contributed by atoms with Crippen molar-refractivity contribution in [1.82, 2.24) is 25.2 Å². The van der Waals surface area contributed by atoms with Gasteiger partial charge in [0.1, 0.15) is 11.9 Å². The number of anilines is 1. The normalized spacial score (nSPS) is 17.4. The van der Waals surface area contributed by atoms with Crippen molar-refractivity contribution in [1.29, 1.82) is 0 Å². The van der Waals surface area contributed by atoms with Gasteiger partial charge in [-0.1, -0.05) is 31.2 Å². The highest BCUT2D eigenvalue weighted by Gasteiger charge is 2.39. The molecule has 2 N–H and O–H groups in total. The molecule has 4 amide bonds. The summed E-state index contributed by atoms with van der Waals surface area (Å²) in [6.07, 6.45) is 1.84. The van der Waals surface area contributed by atoms with E-state index in [2.05, 4.69) is 20.9 Å². The van der Waals surface area contributed by atoms with Crippen LogP contribution >= 0.6 is 0 Å². The monoisotopic (exact) mass is 490 g/mol. The Morgan fingerprint density at radius 3 is 2.69 bits per heavy atom. The molecule has 0 bridgehead atoms. The Kier molecular flexibility index (Phi) is 5.83. The summed E-state index contributed by atoms with van der Waals surface area (Å²) in [4.78, 5) is 50.8. The Bertz CT molecular complexity index is 1420. The van der Waals surface area contributed by atoms with Gasteiger partial charge >= 0.3 is 0 Å². The molecule has 2 aliphatic heterocycles. The topological polar surface area (TPSA) is 126 Å². The second-order valence-electron chi connectivity index (χ2n) is 9.14. The Morgan fingerprint density at radius 1 is 1.17 bits per heavy atom. The maximum Gasteiger partial charge on any atom is 0.277 e. The Balaban J connectivity index is 1.32. The summed E-state index contributed by atoms with van der Waals surface area (Å²) in [6, 6.07) is 9.03. The molecular weight excluding hydrogens is 467 g/mol. The molecular formula is C25H23FN6O4. The highest BCUT2D eigenvalue weighted by atomic mass is 19.1. The molecule has 36 heavy (non-hydrogen) atoms. The van der Waals surface area contributed by atoms with E-state index in [1.54, 1.807) is 24.3 Å². The number of piperidine rings is 1. The zero-order chi connectivity index (χ0) is 25.6. The summed E-state index contributed by atoms with van der Waals surface area (Å²) in [7, 11) is 0. The van der Waals surface area contributed by atoms with Crippen LogP contribution in [-0.4, -0.2) is 49.6 Å². The van der Waals surface area contributed by atoms with E-state index in [9.17, 15) is 23.6 Å². The van der Waals surface area contributed by atoms with Crippen molar-refractivity contribution in [2.45, 2.75) is 45.2 Å². The molecule has 3 heterocycles. The first-order valence-electron chi connectivity index (χ1n) is 11.5. The zero-order valence-electron chi connectivity index (χ0n) is 19.6. The second-order valence-corrected chi connectivity index (χ2v) is 9.14. The van der Waals surface area contributed by atoms with E-state index in [0.29, 0.717) is 11.3 Å². The van der Waals surface area contributed by atoms with Gasteiger partial charge in [-0.05, 0) is 47.7 Å². The number of carbonyl (C=O) groups is 4. The van der Waals surface area contributed by atoms with E-state index < -0.39 is 23.7 Å². The van der Waals surface area contributed by atoms with Gasteiger partial charge in [0.2, 0.25) is 11.8 Å². The summed E-state index contributed by atoms with van der Waals surface area (Å²) in [5, 5.41) is 12.6. The Labute approximate surface area is 205 Å². The van der Waals surface area contributed by atoms with Crippen molar-refractivity contribution in [3.05, 3.63) is 70.8 Å². The number of fused-ring (bicyclic) bond motifs is 1. The maximum atomic E-state index is 14.4. The molecule has 0 radical (unpaired) electrons. The molecule has 1 aromatic heterocycles. The van der Waals surface area contributed by atoms with E-state index in [4.69, 9.17) is 0 Å². The van der Waals surface area contributed by atoms with Crippen molar-refractivity contribution in [3.8, 4) is 5.69 Å². The van der Waals surface area contributed by atoms with Crippen LogP contribution in [0.25, 0.3) is 5.69 Å². The fraction of sp³-hybridized carbons (Fsp3) is 0.280. The number of hydrogen-bond donors (Lipinski definition) is 2. The van der Waals surface area contributed by atoms with Crippen molar-refractivity contribution >= 4 is 29.3 Å². The number of amides is 4. The second kappa shape index (κ2) is 8.99. The number of halogens is 1. The van der Waals surface area contributed by atoms with E-state index in [-0.39, 0.29) is 48.5 Å². The third-order valence-electron chi connectivity index (χ3n) is 6.41. The van der Waals surface area contributed by atoms with Gasteiger partial charge in [-0.2, -0.15) is 0 Å². The van der Waals surface area contributed by atoms with Crippen LogP contribution in [0.3, 0.4) is 0 Å². The van der Waals surface area contributed by atoms with Crippen molar-refractivity contribution in [2.24, 2.45) is 0 Å². The van der Waals surface area contributed by atoms with Gasteiger partial charge in [-0.15, -0.1) is 5.10 Å². The number of rotatable bonds is 5. The predicted octanol–water partition coefficient (Wildman–Crippen LogP) is 2.54. The lowest BCUT2D eigenvalue weighted by atomic mass is 10.0. The average Bonchev–Trinajstić information content (AvgIpc) is 3.46. The number of imide groups is 1. The van der Waals surface area contributed by atoms with Crippen molar-refractivity contribution < 1.29 is 23.6 Å². The summed E-state index contributed by atoms with van der Waals surface area (Å²) in [5.74, 6) is -2.16. The first-order chi connectivity index (χ1) is 17.2. The number of aromatic nitrogens is 3. The van der Waals surface area contributed by atoms with Crippen LogP contribution in [0, 0.1) is 5.82 Å². The maximum absolute atomic E-state index is 14.4. The minimum Gasteiger partial charge on any atom is -0.322 e. The lowest BCUT2D eigenvalue weighted by molar-refractivity contribution is -0.136. The molecule has 2 aromatic carbocycles. The summed E-state index contributed by atoms with van der Waals surface area (Å²) >= 11 is 0. The molecule has 1 unspecified atom stereocenters. The molecule has 5 rings (SSSR count). The molecule has 184 valence electrons. The standard InChI is InChI=1S/C25H23FN6O4/c1-13(2)14-4-6-19(18(26)9-14)27-23(34)20-12-32(30-29-20)16-5-3-15-11-31(25(36)17(15)10-16)21-7-8-22(33)28-24(21)35/h3-6,9-10,12-13,21H,7-8,11H2,1-2H3,(H,27,34)(H,28,33,35). The molecule has 1 saturated heterocycles. The van der Waals surface area contributed by atoms with Crippen LogP contribution in [0.15, 0.2) is 42.6 Å². The molecule has 1 atom stereocenters. The highest BCUT2D eigenvalue weighted by Crippen LogP contribution is 2.29.